The zero-order valence-electron chi connectivity index (χ0n) is 12.7. The van der Waals surface area contributed by atoms with Crippen molar-refractivity contribution in [3.8, 4) is 6.07 Å². The van der Waals surface area contributed by atoms with Crippen molar-refractivity contribution in [3.63, 3.8) is 0 Å². The number of nitrogens with one attached hydrogen (secondary N) is 1. The van der Waals surface area contributed by atoms with Crippen LogP contribution in [-0.2, 0) is 4.79 Å². The van der Waals surface area contributed by atoms with Crippen molar-refractivity contribution < 1.29 is 4.79 Å². The Hall–Kier alpha value is -1.80. The summed E-state index contributed by atoms with van der Waals surface area (Å²) in [6.07, 6.45) is 7.10. The molecular weight excluding hydrogens is 342 g/mol. The van der Waals surface area contributed by atoms with Crippen LogP contribution in [0.15, 0.2) is 40.5 Å². The lowest BCUT2D eigenvalue weighted by molar-refractivity contribution is -0.128. The van der Waals surface area contributed by atoms with Crippen molar-refractivity contribution in [1.82, 2.24) is 4.90 Å². The topological polar surface area (TPSA) is 56.1 Å². The number of benzene rings is 1. The van der Waals surface area contributed by atoms with E-state index in [2.05, 4.69) is 21.2 Å². The second-order valence-electron chi connectivity index (χ2n) is 5.53. The smallest absolute Gasteiger partial charge is 0.266 e. The lowest BCUT2D eigenvalue weighted by Gasteiger charge is -2.31. The third-order valence-electron chi connectivity index (χ3n) is 4.02. The Morgan fingerprint density at radius 1 is 1.32 bits per heavy atom. The Morgan fingerprint density at radius 2 is 1.95 bits per heavy atom. The number of halogens is 1. The number of hydrogen-bond donors (Lipinski definition) is 1. The number of hydrogen-bond acceptors (Lipinski definition) is 3. The predicted molar refractivity (Wildman–Crippen MR) is 91.1 cm³/mol. The van der Waals surface area contributed by atoms with Gasteiger partial charge in [-0.1, -0.05) is 35.2 Å². The van der Waals surface area contributed by atoms with Crippen LogP contribution in [-0.4, -0.2) is 23.9 Å². The minimum absolute atomic E-state index is 0.135. The van der Waals surface area contributed by atoms with Crippen LogP contribution in [0.5, 0.6) is 0 Å². The van der Waals surface area contributed by atoms with Gasteiger partial charge >= 0.3 is 0 Å². The maximum absolute atomic E-state index is 12.4. The molecule has 0 bridgehead atoms. The van der Waals surface area contributed by atoms with E-state index in [1.807, 2.05) is 30.3 Å². The molecule has 1 aliphatic rings. The highest BCUT2D eigenvalue weighted by molar-refractivity contribution is 9.10. The molecule has 1 saturated carbocycles. The Labute approximate surface area is 139 Å². The van der Waals surface area contributed by atoms with E-state index in [-0.39, 0.29) is 17.5 Å². The second kappa shape index (κ2) is 8.00. The van der Waals surface area contributed by atoms with Crippen LogP contribution in [0.1, 0.15) is 32.1 Å². The van der Waals surface area contributed by atoms with Crippen LogP contribution >= 0.6 is 15.9 Å². The molecule has 5 heteroatoms. The van der Waals surface area contributed by atoms with Gasteiger partial charge in [0, 0.05) is 29.4 Å². The van der Waals surface area contributed by atoms with Gasteiger partial charge in [-0.3, -0.25) is 4.79 Å². The standard InChI is InChI=1S/C17H20BrN3O/c1-21(16-5-3-2-4-6-16)17(22)13(11-19)12-20-15-9-7-14(18)8-10-15/h7-10,12,16,20H,2-6H2,1H3/b13-12-. The summed E-state index contributed by atoms with van der Waals surface area (Å²) in [6, 6.07) is 9.82. The van der Waals surface area contributed by atoms with Gasteiger partial charge < -0.3 is 10.2 Å². The van der Waals surface area contributed by atoms with Crippen molar-refractivity contribution >= 4 is 27.5 Å². The number of nitrogens with zero attached hydrogens (tertiary/aromatic N) is 2. The van der Waals surface area contributed by atoms with Crippen LogP contribution in [0.3, 0.4) is 0 Å². The largest absolute Gasteiger partial charge is 0.360 e. The molecule has 0 radical (unpaired) electrons. The third-order valence-corrected chi connectivity index (χ3v) is 4.55. The van der Waals surface area contributed by atoms with Crippen molar-refractivity contribution in [3.05, 3.63) is 40.5 Å². The maximum atomic E-state index is 12.4. The molecule has 0 aliphatic heterocycles. The van der Waals surface area contributed by atoms with E-state index in [9.17, 15) is 10.1 Å². The zero-order valence-corrected chi connectivity index (χ0v) is 14.3. The van der Waals surface area contributed by atoms with E-state index in [0.29, 0.717) is 0 Å². The predicted octanol–water partition coefficient (Wildman–Crippen LogP) is 4.06. The lowest BCUT2D eigenvalue weighted by Crippen LogP contribution is -2.39. The fourth-order valence-electron chi connectivity index (χ4n) is 2.67. The molecule has 116 valence electrons. The molecule has 4 nitrogen and oxygen atoms in total. The quantitative estimate of drug-likeness (QED) is 0.649. The molecule has 2 rings (SSSR count). The van der Waals surface area contributed by atoms with E-state index >= 15 is 0 Å². The summed E-state index contributed by atoms with van der Waals surface area (Å²) in [5, 5.41) is 12.3. The molecule has 1 fully saturated rings. The molecule has 1 amide bonds. The fourth-order valence-corrected chi connectivity index (χ4v) is 2.93. The molecule has 22 heavy (non-hydrogen) atoms. The first-order chi connectivity index (χ1) is 10.6. The minimum Gasteiger partial charge on any atom is -0.360 e. The highest BCUT2D eigenvalue weighted by Gasteiger charge is 2.24. The number of rotatable bonds is 4. The van der Waals surface area contributed by atoms with Crippen LogP contribution in [0.2, 0.25) is 0 Å². The van der Waals surface area contributed by atoms with Crippen LogP contribution in [0.25, 0.3) is 0 Å². The molecule has 0 atom stereocenters. The van der Waals surface area contributed by atoms with Crippen molar-refractivity contribution in [2.45, 2.75) is 38.1 Å². The Bertz CT molecular complexity index is 583. The summed E-state index contributed by atoms with van der Waals surface area (Å²) >= 11 is 3.37. The van der Waals surface area contributed by atoms with Gasteiger partial charge in [0.05, 0.1) is 0 Å². The summed E-state index contributed by atoms with van der Waals surface area (Å²) in [6.45, 7) is 0. The molecule has 1 aliphatic carbocycles. The molecule has 0 heterocycles. The number of amides is 1. The summed E-state index contributed by atoms with van der Waals surface area (Å²) in [7, 11) is 1.79. The average Bonchev–Trinajstić information content (AvgIpc) is 2.57. The first-order valence-corrected chi connectivity index (χ1v) is 8.30. The number of nitriles is 1. The highest BCUT2D eigenvalue weighted by Crippen LogP contribution is 2.22. The van der Waals surface area contributed by atoms with Gasteiger partial charge in [0.15, 0.2) is 0 Å². The molecule has 0 spiro atoms. The van der Waals surface area contributed by atoms with Crippen LogP contribution < -0.4 is 5.32 Å². The Balaban J connectivity index is 2.03. The van der Waals surface area contributed by atoms with Crippen molar-refractivity contribution in [2.24, 2.45) is 0 Å². The number of carbonyl (C=O) groups excluding carboxylic acids is 1. The SMILES string of the molecule is CN(C(=O)/C(C#N)=C\Nc1ccc(Br)cc1)C1CCCCC1. The Morgan fingerprint density at radius 3 is 2.55 bits per heavy atom. The summed E-state index contributed by atoms with van der Waals surface area (Å²) in [5.41, 5.74) is 0.972. The molecule has 1 aromatic carbocycles. The third kappa shape index (κ3) is 4.35. The number of carbonyl (C=O) groups is 1. The van der Waals surface area contributed by atoms with Gasteiger partial charge in [-0.25, -0.2) is 0 Å². The summed E-state index contributed by atoms with van der Waals surface area (Å²) in [5.74, 6) is -0.209. The molecule has 0 unspecified atom stereocenters. The fraction of sp³-hybridized carbons (Fsp3) is 0.412. The van der Waals surface area contributed by atoms with E-state index in [0.717, 1.165) is 35.8 Å². The molecule has 1 aromatic rings. The van der Waals surface area contributed by atoms with E-state index in [4.69, 9.17) is 0 Å². The van der Waals surface area contributed by atoms with Gasteiger partial charge in [0.25, 0.3) is 5.91 Å². The van der Waals surface area contributed by atoms with Crippen LogP contribution in [0, 0.1) is 11.3 Å². The van der Waals surface area contributed by atoms with Gasteiger partial charge in [-0.05, 0) is 37.1 Å². The maximum Gasteiger partial charge on any atom is 0.266 e. The van der Waals surface area contributed by atoms with Gasteiger partial charge in [-0.2, -0.15) is 5.26 Å². The van der Waals surface area contributed by atoms with E-state index < -0.39 is 0 Å². The Kier molecular flexibility index (Phi) is 6.02. The number of anilines is 1. The summed E-state index contributed by atoms with van der Waals surface area (Å²) in [4.78, 5) is 14.2. The summed E-state index contributed by atoms with van der Waals surface area (Å²) < 4.78 is 0.982. The molecule has 0 saturated heterocycles. The first-order valence-electron chi connectivity index (χ1n) is 7.51. The molecule has 0 aromatic heterocycles. The van der Waals surface area contributed by atoms with Crippen molar-refractivity contribution in [1.29, 1.82) is 5.26 Å². The minimum atomic E-state index is -0.209. The molecular formula is C17H20BrN3O. The zero-order chi connectivity index (χ0) is 15.9. The van der Waals surface area contributed by atoms with E-state index in [1.54, 1.807) is 11.9 Å². The van der Waals surface area contributed by atoms with Crippen LogP contribution in [0.4, 0.5) is 5.69 Å². The normalized spacial score (nSPS) is 16.0. The average molecular weight is 362 g/mol. The molecule has 1 N–H and O–H groups in total. The van der Waals surface area contributed by atoms with Crippen molar-refractivity contribution in [2.75, 3.05) is 12.4 Å². The lowest BCUT2D eigenvalue weighted by atomic mass is 9.94. The monoisotopic (exact) mass is 361 g/mol. The number of likely N-dealkylation sites (N-methyl/N-ethyl adjacent to an activating group) is 1. The van der Waals surface area contributed by atoms with Gasteiger partial charge in [-0.15, -0.1) is 0 Å². The highest BCUT2D eigenvalue weighted by atomic mass is 79.9. The second-order valence-corrected chi connectivity index (χ2v) is 6.44. The van der Waals surface area contributed by atoms with Gasteiger partial charge in [0.2, 0.25) is 0 Å². The first kappa shape index (κ1) is 16.6. The van der Waals surface area contributed by atoms with E-state index in [1.165, 1.54) is 12.6 Å². The van der Waals surface area contributed by atoms with Gasteiger partial charge in [0.1, 0.15) is 11.6 Å².